The van der Waals surface area contributed by atoms with Crippen LogP contribution in [-0.4, -0.2) is 18.5 Å². The summed E-state index contributed by atoms with van der Waals surface area (Å²) in [4.78, 5) is 0. The average molecular weight is 625 g/mol. The molecule has 0 aliphatic heterocycles. The molecule has 0 bridgehead atoms. The highest BCUT2D eigenvalue weighted by Gasteiger charge is 2.08. The van der Waals surface area contributed by atoms with Gasteiger partial charge in [0.15, 0.2) is 0 Å². The third-order valence-electron chi connectivity index (χ3n) is 9.44. The Morgan fingerprint density at radius 2 is 0.326 bits per heavy atom. The predicted octanol–water partition coefficient (Wildman–Crippen LogP) is 16.8. The van der Waals surface area contributed by atoms with Gasteiger partial charge in [0.05, 0.1) is 0 Å². The standard InChI is InChI=1S/C24H51P.C18H38/c1-4-7-10-13-16-19-22-25(23-20-17-14-11-8-5-2)24-21-18-15-12-9-6-3;1-3-5-7-9-11-13-15-17-18-16-14-12-10-8-6-4-2/h4-24H2,1-3H3;3-18H2,1-2H3. The van der Waals surface area contributed by atoms with Gasteiger partial charge in [0.1, 0.15) is 0 Å². The molecule has 0 fully saturated rings. The van der Waals surface area contributed by atoms with Crippen molar-refractivity contribution in [1.82, 2.24) is 0 Å². The largest absolute Gasteiger partial charge is 0.107 e. The van der Waals surface area contributed by atoms with Crippen LogP contribution in [0.3, 0.4) is 0 Å². The SMILES string of the molecule is CCCCCCCCCCCCCCCCCC.CCCCCCCCP(CCCCCCCC)CCCCCCCC. The molecule has 0 aliphatic carbocycles. The number of hydrogen-bond donors (Lipinski definition) is 0. The Balaban J connectivity index is 0. The zero-order chi connectivity index (χ0) is 31.7. The highest BCUT2D eigenvalue weighted by molar-refractivity contribution is 7.57. The summed E-state index contributed by atoms with van der Waals surface area (Å²) in [5, 5.41) is 0. The van der Waals surface area contributed by atoms with Crippen molar-refractivity contribution in [2.24, 2.45) is 0 Å². The molecule has 0 atom stereocenters. The lowest BCUT2D eigenvalue weighted by Crippen LogP contribution is -1.97. The Morgan fingerprint density at radius 3 is 0.488 bits per heavy atom. The van der Waals surface area contributed by atoms with Crippen molar-refractivity contribution in [3.05, 3.63) is 0 Å². The topological polar surface area (TPSA) is 0 Å². The molecular weight excluding hydrogens is 535 g/mol. The summed E-state index contributed by atoms with van der Waals surface area (Å²) in [5.41, 5.74) is 0. The van der Waals surface area contributed by atoms with Crippen LogP contribution in [-0.2, 0) is 0 Å². The van der Waals surface area contributed by atoms with E-state index in [2.05, 4.69) is 34.6 Å². The molecule has 262 valence electrons. The van der Waals surface area contributed by atoms with Gasteiger partial charge >= 0.3 is 0 Å². The molecule has 0 aromatic heterocycles. The number of unbranched alkanes of at least 4 members (excludes halogenated alkanes) is 30. The number of hydrogen-bond acceptors (Lipinski definition) is 0. The summed E-state index contributed by atoms with van der Waals surface area (Å²) >= 11 is 0. The van der Waals surface area contributed by atoms with Crippen LogP contribution in [0.25, 0.3) is 0 Å². The third-order valence-corrected chi connectivity index (χ3v) is 12.3. The van der Waals surface area contributed by atoms with Crippen LogP contribution in [0.2, 0.25) is 0 Å². The molecule has 0 unspecified atom stereocenters. The van der Waals surface area contributed by atoms with Gasteiger partial charge in [-0.3, -0.25) is 0 Å². The van der Waals surface area contributed by atoms with Crippen LogP contribution < -0.4 is 0 Å². The molecule has 0 rings (SSSR count). The molecule has 0 N–H and O–H groups in total. The second-order valence-corrected chi connectivity index (χ2v) is 16.8. The highest BCUT2D eigenvalue weighted by Crippen LogP contribution is 2.39. The maximum Gasteiger partial charge on any atom is -0.0326 e. The molecule has 0 amide bonds. The van der Waals surface area contributed by atoms with Crippen LogP contribution in [0, 0.1) is 0 Å². The van der Waals surface area contributed by atoms with E-state index < -0.39 is 0 Å². The fourth-order valence-electron chi connectivity index (χ4n) is 6.30. The van der Waals surface area contributed by atoms with E-state index in [1.54, 1.807) is 18.5 Å². The van der Waals surface area contributed by atoms with Crippen LogP contribution in [0.1, 0.15) is 253 Å². The average Bonchev–Trinajstić information content (AvgIpc) is 3.02. The molecule has 0 spiro atoms. The van der Waals surface area contributed by atoms with Crippen molar-refractivity contribution in [2.75, 3.05) is 18.5 Å². The summed E-state index contributed by atoms with van der Waals surface area (Å²) in [6, 6.07) is 0. The summed E-state index contributed by atoms with van der Waals surface area (Å²) in [6.07, 6.45) is 54.7. The Labute approximate surface area is 278 Å². The molecule has 0 nitrogen and oxygen atoms in total. The quantitative estimate of drug-likeness (QED) is 0.0480. The summed E-state index contributed by atoms with van der Waals surface area (Å²) in [7, 11) is 0.366. The smallest absolute Gasteiger partial charge is 0.0326 e. The lowest BCUT2D eigenvalue weighted by Gasteiger charge is -2.18. The highest BCUT2D eigenvalue weighted by atomic mass is 31.1. The Kier molecular flexibility index (Phi) is 47.2. The van der Waals surface area contributed by atoms with Crippen molar-refractivity contribution in [2.45, 2.75) is 253 Å². The first-order valence-corrected chi connectivity index (χ1v) is 22.9. The molecular formula is C42H89P. The minimum atomic E-state index is 0.366. The van der Waals surface area contributed by atoms with Gasteiger partial charge in [-0.15, -0.1) is 7.92 Å². The molecule has 0 saturated carbocycles. The zero-order valence-electron chi connectivity index (χ0n) is 31.6. The molecule has 0 aliphatic rings. The maximum absolute atomic E-state index is 2.32. The summed E-state index contributed by atoms with van der Waals surface area (Å²) in [6.45, 7) is 11.5. The zero-order valence-corrected chi connectivity index (χ0v) is 32.5. The fraction of sp³-hybridized carbons (Fsp3) is 1.00. The van der Waals surface area contributed by atoms with Gasteiger partial charge in [0.2, 0.25) is 0 Å². The van der Waals surface area contributed by atoms with Gasteiger partial charge in [-0.25, -0.2) is 0 Å². The van der Waals surface area contributed by atoms with Crippen molar-refractivity contribution < 1.29 is 0 Å². The summed E-state index contributed by atoms with van der Waals surface area (Å²) in [5.74, 6) is 0. The predicted molar refractivity (Wildman–Crippen MR) is 207 cm³/mol. The van der Waals surface area contributed by atoms with E-state index >= 15 is 0 Å². The van der Waals surface area contributed by atoms with Crippen LogP contribution in [0.15, 0.2) is 0 Å². The third kappa shape index (κ3) is 44.6. The molecule has 0 saturated heterocycles. The Bertz CT molecular complexity index is 379. The first-order chi connectivity index (χ1) is 21.3. The lowest BCUT2D eigenvalue weighted by molar-refractivity contribution is 0.531. The van der Waals surface area contributed by atoms with E-state index in [0.29, 0.717) is 7.92 Å². The van der Waals surface area contributed by atoms with E-state index in [1.807, 2.05) is 0 Å². The van der Waals surface area contributed by atoms with Gasteiger partial charge in [-0.2, -0.15) is 0 Å². The van der Waals surface area contributed by atoms with Crippen molar-refractivity contribution in [1.29, 1.82) is 0 Å². The first kappa shape index (κ1) is 45.6. The normalized spacial score (nSPS) is 11.3. The van der Waals surface area contributed by atoms with E-state index in [1.165, 1.54) is 218 Å². The van der Waals surface area contributed by atoms with Crippen LogP contribution in [0.4, 0.5) is 0 Å². The molecule has 0 heterocycles. The maximum atomic E-state index is 2.32. The lowest BCUT2D eigenvalue weighted by atomic mass is 10.0. The van der Waals surface area contributed by atoms with E-state index in [4.69, 9.17) is 0 Å². The van der Waals surface area contributed by atoms with Crippen LogP contribution in [0.5, 0.6) is 0 Å². The van der Waals surface area contributed by atoms with Crippen molar-refractivity contribution in [3.8, 4) is 0 Å². The minimum absolute atomic E-state index is 0.366. The van der Waals surface area contributed by atoms with Gasteiger partial charge in [0.25, 0.3) is 0 Å². The molecule has 0 radical (unpaired) electrons. The van der Waals surface area contributed by atoms with E-state index in [0.717, 1.165) is 0 Å². The fourth-order valence-corrected chi connectivity index (χ4v) is 8.99. The van der Waals surface area contributed by atoms with Gasteiger partial charge in [-0.1, -0.05) is 234 Å². The van der Waals surface area contributed by atoms with Crippen molar-refractivity contribution >= 4 is 7.92 Å². The second-order valence-electron chi connectivity index (χ2n) is 14.1. The molecule has 0 aromatic rings. The molecule has 0 aromatic carbocycles. The monoisotopic (exact) mass is 625 g/mol. The van der Waals surface area contributed by atoms with Gasteiger partial charge in [-0.05, 0) is 37.7 Å². The van der Waals surface area contributed by atoms with E-state index in [9.17, 15) is 0 Å². The van der Waals surface area contributed by atoms with Crippen molar-refractivity contribution in [3.63, 3.8) is 0 Å². The minimum Gasteiger partial charge on any atom is -0.107 e. The van der Waals surface area contributed by atoms with Gasteiger partial charge in [0, 0.05) is 0 Å². The molecule has 43 heavy (non-hydrogen) atoms. The molecule has 1 heteroatoms. The summed E-state index contributed by atoms with van der Waals surface area (Å²) < 4.78 is 0. The first-order valence-electron chi connectivity index (χ1n) is 21.0. The number of rotatable bonds is 36. The second kappa shape index (κ2) is 44.6. The Morgan fingerprint density at radius 1 is 0.186 bits per heavy atom. The van der Waals surface area contributed by atoms with Crippen LogP contribution >= 0.6 is 7.92 Å². The van der Waals surface area contributed by atoms with Gasteiger partial charge < -0.3 is 0 Å². The Hall–Kier alpha value is 0.430. The van der Waals surface area contributed by atoms with E-state index in [-0.39, 0.29) is 0 Å².